The van der Waals surface area contributed by atoms with Crippen molar-refractivity contribution < 1.29 is 14.6 Å². The predicted molar refractivity (Wildman–Crippen MR) is 87.0 cm³/mol. The van der Waals surface area contributed by atoms with Gasteiger partial charge in [0.05, 0.1) is 25.4 Å². The lowest BCUT2D eigenvalue weighted by Crippen LogP contribution is -2.44. The van der Waals surface area contributed by atoms with E-state index in [2.05, 4.69) is 4.90 Å². The molecule has 2 saturated heterocycles. The number of ether oxygens (including phenoxy) is 2. The Morgan fingerprint density at radius 1 is 1.09 bits per heavy atom. The van der Waals surface area contributed by atoms with E-state index in [0.29, 0.717) is 18.6 Å². The van der Waals surface area contributed by atoms with Gasteiger partial charge in [-0.3, -0.25) is 0 Å². The zero-order chi connectivity index (χ0) is 15.3. The Morgan fingerprint density at radius 3 is 2.55 bits per heavy atom. The van der Waals surface area contributed by atoms with Crippen molar-refractivity contribution in [2.45, 2.75) is 70.0 Å². The molecule has 0 aromatic rings. The Labute approximate surface area is 135 Å². The summed E-state index contributed by atoms with van der Waals surface area (Å²) in [6.45, 7) is 5.03. The largest absolute Gasteiger partial charge is 0.389 e. The Bertz CT molecular complexity index is 314. The van der Waals surface area contributed by atoms with Crippen molar-refractivity contribution in [3.05, 3.63) is 0 Å². The molecule has 0 amide bonds. The van der Waals surface area contributed by atoms with Crippen molar-refractivity contribution in [2.75, 3.05) is 39.5 Å². The van der Waals surface area contributed by atoms with Gasteiger partial charge in [0.15, 0.2) is 0 Å². The van der Waals surface area contributed by atoms with Crippen molar-refractivity contribution in [2.24, 2.45) is 5.41 Å². The molecule has 1 aliphatic carbocycles. The first-order valence-electron chi connectivity index (χ1n) is 9.36. The third-order valence-corrected chi connectivity index (χ3v) is 5.94. The second-order valence-corrected chi connectivity index (χ2v) is 7.69. The summed E-state index contributed by atoms with van der Waals surface area (Å²) in [5.41, 5.74) is 0.649. The third kappa shape index (κ3) is 4.67. The Hall–Kier alpha value is -0.160. The first kappa shape index (κ1) is 16.7. The van der Waals surface area contributed by atoms with Gasteiger partial charge < -0.3 is 19.5 Å². The summed E-state index contributed by atoms with van der Waals surface area (Å²) >= 11 is 0. The van der Waals surface area contributed by atoms with Crippen LogP contribution in [0.5, 0.6) is 0 Å². The first-order chi connectivity index (χ1) is 10.8. The molecule has 3 rings (SSSR count). The minimum atomic E-state index is -0.359. The van der Waals surface area contributed by atoms with Gasteiger partial charge in [-0.2, -0.15) is 0 Å². The van der Waals surface area contributed by atoms with E-state index in [4.69, 9.17) is 9.47 Å². The quantitative estimate of drug-likeness (QED) is 0.819. The van der Waals surface area contributed by atoms with E-state index >= 15 is 0 Å². The van der Waals surface area contributed by atoms with Gasteiger partial charge in [-0.05, 0) is 57.0 Å². The molecule has 1 spiro atoms. The van der Waals surface area contributed by atoms with E-state index in [-0.39, 0.29) is 12.2 Å². The summed E-state index contributed by atoms with van der Waals surface area (Å²) < 4.78 is 11.2. The van der Waals surface area contributed by atoms with Crippen LogP contribution in [0.25, 0.3) is 0 Å². The molecule has 2 unspecified atom stereocenters. The maximum atomic E-state index is 10.2. The molecule has 0 aromatic carbocycles. The lowest BCUT2D eigenvalue weighted by atomic mass is 9.68. The second kappa shape index (κ2) is 8.09. The molecule has 2 aliphatic heterocycles. The van der Waals surface area contributed by atoms with Crippen LogP contribution in [0.4, 0.5) is 0 Å². The van der Waals surface area contributed by atoms with Crippen LogP contribution in [0, 0.1) is 5.41 Å². The zero-order valence-corrected chi connectivity index (χ0v) is 14.0. The Balaban J connectivity index is 1.30. The fourth-order valence-electron chi connectivity index (χ4n) is 4.47. The summed E-state index contributed by atoms with van der Waals surface area (Å²) in [6.07, 6.45) is 12.0. The molecule has 4 heteroatoms. The van der Waals surface area contributed by atoms with E-state index in [1.54, 1.807) is 0 Å². The average Bonchev–Trinajstić information content (AvgIpc) is 3.04. The highest BCUT2D eigenvalue weighted by Crippen LogP contribution is 2.44. The normalized spacial score (nSPS) is 30.7. The van der Waals surface area contributed by atoms with E-state index < -0.39 is 0 Å². The molecule has 2 heterocycles. The highest BCUT2D eigenvalue weighted by Gasteiger charge is 2.35. The van der Waals surface area contributed by atoms with Crippen LogP contribution in [0.15, 0.2) is 0 Å². The van der Waals surface area contributed by atoms with Gasteiger partial charge in [0.2, 0.25) is 0 Å². The molecule has 4 nitrogen and oxygen atoms in total. The predicted octanol–water partition coefficient (Wildman–Crippen LogP) is 2.59. The van der Waals surface area contributed by atoms with Crippen molar-refractivity contribution in [1.82, 2.24) is 4.90 Å². The van der Waals surface area contributed by atoms with Crippen molar-refractivity contribution in [3.8, 4) is 0 Å². The summed E-state index contributed by atoms with van der Waals surface area (Å²) in [6, 6.07) is 0. The fourth-order valence-corrected chi connectivity index (χ4v) is 4.47. The van der Waals surface area contributed by atoms with E-state index in [1.165, 1.54) is 44.9 Å². The molecular formula is C18H33NO3. The van der Waals surface area contributed by atoms with Crippen LogP contribution in [0.2, 0.25) is 0 Å². The van der Waals surface area contributed by atoms with Gasteiger partial charge in [0, 0.05) is 13.2 Å². The number of aliphatic hydroxyl groups is 1. The molecule has 1 saturated carbocycles. The second-order valence-electron chi connectivity index (χ2n) is 7.69. The molecule has 0 aromatic heterocycles. The van der Waals surface area contributed by atoms with E-state index in [1.807, 2.05) is 0 Å². The number of nitrogens with zero attached hydrogens (tertiary/aromatic N) is 1. The van der Waals surface area contributed by atoms with Crippen molar-refractivity contribution >= 4 is 0 Å². The van der Waals surface area contributed by atoms with Crippen molar-refractivity contribution in [1.29, 1.82) is 0 Å². The van der Waals surface area contributed by atoms with Gasteiger partial charge in [-0.1, -0.05) is 19.3 Å². The standard InChI is InChI=1S/C18H33NO3/c20-16(14-21-15-17-5-4-12-22-17)13-19-10-8-18(9-11-19)6-2-1-3-7-18/h16-17,20H,1-15H2. The van der Waals surface area contributed by atoms with Gasteiger partial charge in [-0.25, -0.2) is 0 Å². The molecule has 128 valence electrons. The summed E-state index contributed by atoms with van der Waals surface area (Å²) in [4.78, 5) is 2.43. The van der Waals surface area contributed by atoms with Crippen LogP contribution in [0.3, 0.4) is 0 Å². The molecule has 22 heavy (non-hydrogen) atoms. The molecule has 3 fully saturated rings. The highest BCUT2D eigenvalue weighted by molar-refractivity contribution is 4.88. The van der Waals surface area contributed by atoms with Crippen molar-refractivity contribution in [3.63, 3.8) is 0 Å². The fraction of sp³-hybridized carbons (Fsp3) is 1.00. The Morgan fingerprint density at radius 2 is 1.86 bits per heavy atom. The van der Waals surface area contributed by atoms with Crippen LogP contribution < -0.4 is 0 Å². The van der Waals surface area contributed by atoms with Gasteiger partial charge in [0.1, 0.15) is 0 Å². The third-order valence-electron chi connectivity index (χ3n) is 5.94. The molecule has 1 N–H and O–H groups in total. The summed E-state index contributed by atoms with van der Waals surface area (Å²) in [5.74, 6) is 0. The van der Waals surface area contributed by atoms with Gasteiger partial charge in [-0.15, -0.1) is 0 Å². The lowest BCUT2D eigenvalue weighted by Gasteiger charge is -2.44. The molecule has 2 atom stereocenters. The number of rotatable bonds is 6. The minimum Gasteiger partial charge on any atom is -0.389 e. The molecule has 3 aliphatic rings. The van der Waals surface area contributed by atoms with Crippen LogP contribution >= 0.6 is 0 Å². The SMILES string of the molecule is OC(COCC1CCCO1)CN1CCC2(CCCCC2)CC1. The number of piperidine rings is 1. The summed E-state index contributed by atoms with van der Waals surface area (Å²) in [5, 5.41) is 10.2. The Kier molecular flexibility index (Phi) is 6.14. The minimum absolute atomic E-state index is 0.258. The van der Waals surface area contributed by atoms with Gasteiger partial charge >= 0.3 is 0 Å². The number of likely N-dealkylation sites (tertiary alicyclic amines) is 1. The average molecular weight is 311 g/mol. The van der Waals surface area contributed by atoms with Crippen LogP contribution in [-0.4, -0.2) is 61.7 Å². The highest BCUT2D eigenvalue weighted by atomic mass is 16.5. The maximum absolute atomic E-state index is 10.2. The van der Waals surface area contributed by atoms with E-state index in [9.17, 15) is 5.11 Å². The van der Waals surface area contributed by atoms with Crippen LogP contribution in [-0.2, 0) is 9.47 Å². The number of β-amino-alcohol motifs (C(OH)–C–C–N with tert-alkyl or cyclic N) is 1. The van der Waals surface area contributed by atoms with E-state index in [0.717, 1.165) is 39.1 Å². The molecule has 0 bridgehead atoms. The monoisotopic (exact) mass is 311 g/mol. The molecule has 0 radical (unpaired) electrons. The maximum Gasteiger partial charge on any atom is 0.0900 e. The number of hydrogen-bond donors (Lipinski definition) is 1. The lowest BCUT2D eigenvalue weighted by molar-refractivity contribution is -0.0320. The zero-order valence-electron chi connectivity index (χ0n) is 14.0. The number of hydrogen-bond acceptors (Lipinski definition) is 4. The molecular weight excluding hydrogens is 278 g/mol. The summed E-state index contributed by atoms with van der Waals surface area (Å²) in [7, 11) is 0. The number of aliphatic hydroxyl groups excluding tert-OH is 1. The topological polar surface area (TPSA) is 41.9 Å². The van der Waals surface area contributed by atoms with Crippen LogP contribution in [0.1, 0.15) is 57.8 Å². The smallest absolute Gasteiger partial charge is 0.0900 e. The first-order valence-corrected chi connectivity index (χ1v) is 9.36. The van der Waals surface area contributed by atoms with Gasteiger partial charge in [0.25, 0.3) is 0 Å².